The normalized spacial score (nSPS) is 11.1. The van der Waals surface area contributed by atoms with Crippen molar-refractivity contribution in [2.45, 2.75) is 6.92 Å². The van der Waals surface area contributed by atoms with E-state index < -0.39 is 5.91 Å². The molecule has 0 bridgehead atoms. The summed E-state index contributed by atoms with van der Waals surface area (Å²) in [4.78, 5) is 20.4. The second kappa shape index (κ2) is 7.00. The van der Waals surface area contributed by atoms with E-state index in [-0.39, 0.29) is 0 Å². The third kappa shape index (κ3) is 3.04. The molecular weight excluding hydrogens is 376 g/mol. The van der Waals surface area contributed by atoms with Gasteiger partial charge in [0.05, 0.1) is 30.1 Å². The molecule has 1 aromatic carbocycles. The summed E-state index contributed by atoms with van der Waals surface area (Å²) in [5, 5.41) is 0. The maximum Gasteiger partial charge on any atom is 0.248 e. The van der Waals surface area contributed by atoms with Gasteiger partial charge < -0.3 is 10.2 Å². The molecule has 1 amide bonds. The number of carbonyl (C=O) groups is 1. The van der Waals surface area contributed by atoms with Crippen molar-refractivity contribution in [3.05, 3.63) is 90.8 Å². The number of fused-ring (bicyclic) bond motifs is 1. The van der Waals surface area contributed by atoms with E-state index in [1.165, 1.54) is 0 Å². The summed E-state index contributed by atoms with van der Waals surface area (Å²) in [6.45, 7) is 1.97. The van der Waals surface area contributed by atoms with Gasteiger partial charge in [0.1, 0.15) is 5.65 Å². The molecule has 0 spiro atoms. The average Bonchev–Trinajstić information content (AvgIpc) is 3.43. The maximum absolute atomic E-state index is 11.5. The number of furan rings is 1. The van der Waals surface area contributed by atoms with Gasteiger partial charge >= 0.3 is 0 Å². The van der Waals surface area contributed by atoms with Crippen LogP contribution in [0, 0.1) is 6.92 Å². The molecule has 6 nitrogen and oxygen atoms in total. The monoisotopic (exact) mass is 394 g/mol. The van der Waals surface area contributed by atoms with Crippen molar-refractivity contribution in [2.75, 3.05) is 0 Å². The molecule has 2 N–H and O–H groups in total. The summed E-state index contributed by atoms with van der Waals surface area (Å²) in [6.07, 6.45) is 9.01. The second-order valence-corrected chi connectivity index (χ2v) is 7.13. The molecule has 0 fully saturated rings. The highest BCUT2D eigenvalue weighted by Crippen LogP contribution is 2.29. The third-order valence-corrected chi connectivity index (χ3v) is 5.20. The number of carbonyl (C=O) groups excluding carboxylic acids is 1. The van der Waals surface area contributed by atoms with E-state index in [1.54, 1.807) is 24.8 Å². The number of benzene rings is 1. The van der Waals surface area contributed by atoms with E-state index in [9.17, 15) is 4.79 Å². The maximum atomic E-state index is 11.5. The Hall–Kier alpha value is -4.19. The first-order valence-corrected chi connectivity index (χ1v) is 9.47. The summed E-state index contributed by atoms with van der Waals surface area (Å²) < 4.78 is 7.24. The predicted molar refractivity (Wildman–Crippen MR) is 115 cm³/mol. The highest BCUT2D eigenvalue weighted by atomic mass is 16.3. The Morgan fingerprint density at radius 2 is 1.90 bits per heavy atom. The molecule has 0 aliphatic rings. The lowest BCUT2D eigenvalue weighted by Gasteiger charge is -2.10. The zero-order valence-corrected chi connectivity index (χ0v) is 16.2. The first kappa shape index (κ1) is 17.9. The first-order chi connectivity index (χ1) is 14.6. The minimum atomic E-state index is -0.428. The number of hydrogen-bond donors (Lipinski definition) is 1. The predicted octanol–water partition coefficient (Wildman–Crippen LogP) is 4.73. The number of aromatic nitrogens is 3. The Bertz CT molecular complexity index is 1380. The molecule has 0 unspecified atom stereocenters. The van der Waals surface area contributed by atoms with Gasteiger partial charge in [-0.05, 0) is 66.1 Å². The second-order valence-electron chi connectivity index (χ2n) is 7.13. The van der Waals surface area contributed by atoms with E-state index >= 15 is 0 Å². The summed E-state index contributed by atoms with van der Waals surface area (Å²) >= 11 is 0. The van der Waals surface area contributed by atoms with Crippen molar-refractivity contribution in [1.82, 2.24) is 14.4 Å². The van der Waals surface area contributed by atoms with E-state index in [4.69, 9.17) is 10.2 Å². The van der Waals surface area contributed by atoms with Crippen LogP contribution in [-0.4, -0.2) is 20.3 Å². The van der Waals surface area contributed by atoms with E-state index in [0.717, 1.165) is 44.9 Å². The van der Waals surface area contributed by atoms with Crippen LogP contribution in [0.2, 0.25) is 0 Å². The molecule has 0 atom stereocenters. The Kier molecular flexibility index (Phi) is 4.17. The number of rotatable bonds is 4. The zero-order valence-electron chi connectivity index (χ0n) is 16.2. The van der Waals surface area contributed by atoms with Crippen LogP contribution in [0.3, 0.4) is 0 Å². The lowest BCUT2D eigenvalue weighted by atomic mass is 9.99. The summed E-state index contributed by atoms with van der Waals surface area (Å²) in [5.74, 6) is -0.428. The van der Waals surface area contributed by atoms with Crippen LogP contribution in [0.1, 0.15) is 15.9 Å². The zero-order chi connectivity index (χ0) is 20.7. The quantitative estimate of drug-likeness (QED) is 0.477. The number of amides is 1. The molecule has 146 valence electrons. The van der Waals surface area contributed by atoms with Gasteiger partial charge in [0, 0.05) is 29.1 Å². The van der Waals surface area contributed by atoms with Gasteiger partial charge in [-0.1, -0.05) is 6.07 Å². The van der Waals surface area contributed by atoms with Gasteiger partial charge in [-0.2, -0.15) is 0 Å². The average molecular weight is 394 g/mol. The molecule has 30 heavy (non-hydrogen) atoms. The number of imidazole rings is 1. The smallest absolute Gasteiger partial charge is 0.248 e. The van der Waals surface area contributed by atoms with Gasteiger partial charge in [0.15, 0.2) is 0 Å². The number of pyridine rings is 2. The third-order valence-electron chi connectivity index (χ3n) is 5.20. The molecule has 5 rings (SSSR count). The molecule has 0 saturated heterocycles. The van der Waals surface area contributed by atoms with Crippen molar-refractivity contribution < 1.29 is 9.21 Å². The van der Waals surface area contributed by atoms with Gasteiger partial charge in [0.2, 0.25) is 5.91 Å². The molecule has 5 aromatic rings. The summed E-state index contributed by atoms with van der Waals surface area (Å²) in [7, 11) is 0. The number of primary amides is 1. The molecule has 0 aliphatic carbocycles. The lowest BCUT2D eigenvalue weighted by Crippen LogP contribution is -2.10. The molecule has 0 saturated carbocycles. The Balaban J connectivity index is 1.61. The SMILES string of the molecule is Cc1cc(C(N)=O)ccc1-c1ccc2ncc(-c3ccnc(-c4ccoc4)c3)n2c1. The van der Waals surface area contributed by atoms with Gasteiger partial charge in [-0.3, -0.25) is 14.2 Å². The van der Waals surface area contributed by atoms with Gasteiger partial charge in [-0.15, -0.1) is 0 Å². The summed E-state index contributed by atoms with van der Waals surface area (Å²) in [5.41, 5.74) is 13.5. The molecule has 0 aliphatic heterocycles. The molecule has 4 heterocycles. The topological polar surface area (TPSA) is 86.4 Å². The summed E-state index contributed by atoms with van der Waals surface area (Å²) in [6, 6.07) is 15.4. The van der Waals surface area contributed by atoms with Crippen molar-refractivity contribution in [3.63, 3.8) is 0 Å². The number of nitrogens with zero attached hydrogens (tertiary/aromatic N) is 3. The van der Waals surface area contributed by atoms with Crippen LogP contribution in [0.5, 0.6) is 0 Å². The van der Waals surface area contributed by atoms with Gasteiger partial charge in [0.25, 0.3) is 0 Å². The van der Waals surface area contributed by atoms with Crippen molar-refractivity contribution in [2.24, 2.45) is 5.73 Å². The number of nitrogens with two attached hydrogens (primary N) is 1. The Morgan fingerprint density at radius 1 is 1.00 bits per heavy atom. The van der Waals surface area contributed by atoms with Crippen LogP contribution in [0.4, 0.5) is 0 Å². The first-order valence-electron chi connectivity index (χ1n) is 9.47. The van der Waals surface area contributed by atoms with Crippen LogP contribution in [-0.2, 0) is 0 Å². The fraction of sp³-hybridized carbons (Fsp3) is 0.0417. The van der Waals surface area contributed by atoms with Crippen LogP contribution < -0.4 is 5.73 Å². The molecular formula is C24H18N4O2. The van der Waals surface area contributed by atoms with Crippen LogP contribution >= 0.6 is 0 Å². The molecule has 4 aromatic heterocycles. The highest BCUT2D eigenvalue weighted by Gasteiger charge is 2.11. The number of aryl methyl sites for hydroxylation is 1. The van der Waals surface area contributed by atoms with Crippen molar-refractivity contribution in [1.29, 1.82) is 0 Å². The molecule has 6 heteroatoms. The van der Waals surface area contributed by atoms with Gasteiger partial charge in [-0.25, -0.2) is 4.98 Å². The van der Waals surface area contributed by atoms with Crippen LogP contribution in [0.25, 0.3) is 39.3 Å². The standard InChI is InChI=1S/C24H18N4O2/c1-15-10-17(24(25)29)2-4-20(15)18-3-5-23-27-12-22(28(23)13-18)16-6-8-26-21(11-16)19-7-9-30-14-19/h2-14H,1H3,(H2,25,29). The lowest BCUT2D eigenvalue weighted by molar-refractivity contribution is 0.1000. The fourth-order valence-corrected chi connectivity index (χ4v) is 3.65. The largest absolute Gasteiger partial charge is 0.472 e. The fourth-order valence-electron chi connectivity index (χ4n) is 3.65. The number of hydrogen-bond acceptors (Lipinski definition) is 4. The van der Waals surface area contributed by atoms with E-state index in [1.807, 2.05) is 55.6 Å². The molecule has 0 radical (unpaired) electrons. The van der Waals surface area contributed by atoms with Crippen LogP contribution in [0.15, 0.2) is 84.1 Å². The Morgan fingerprint density at radius 3 is 2.67 bits per heavy atom. The Labute approximate surface area is 172 Å². The van der Waals surface area contributed by atoms with E-state index in [2.05, 4.69) is 20.6 Å². The minimum Gasteiger partial charge on any atom is -0.472 e. The van der Waals surface area contributed by atoms with E-state index in [0.29, 0.717) is 5.56 Å². The highest BCUT2D eigenvalue weighted by molar-refractivity contribution is 5.93. The van der Waals surface area contributed by atoms with Crippen molar-refractivity contribution in [3.8, 4) is 33.6 Å². The minimum absolute atomic E-state index is 0.428. The van der Waals surface area contributed by atoms with Crippen molar-refractivity contribution >= 4 is 11.6 Å².